The van der Waals surface area contributed by atoms with E-state index in [0.717, 1.165) is 32.3 Å². The van der Waals surface area contributed by atoms with Crippen LogP contribution < -0.4 is 11.1 Å². The highest BCUT2D eigenvalue weighted by molar-refractivity contribution is 5.85. The van der Waals surface area contributed by atoms with Gasteiger partial charge in [0.2, 0.25) is 5.91 Å². The quantitative estimate of drug-likeness (QED) is 0.800. The Labute approximate surface area is 109 Å². The summed E-state index contributed by atoms with van der Waals surface area (Å²) in [5, 5.41) is 3.15. The van der Waals surface area contributed by atoms with Crippen LogP contribution in [0.2, 0.25) is 0 Å². The minimum Gasteiger partial charge on any atom is -0.381 e. The molecule has 1 saturated heterocycles. The van der Waals surface area contributed by atoms with Crippen molar-refractivity contribution in [1.29, 1.82) is 0 Å². The number of carbonyl (C=O) groups excluding carboxylic acids is 1. The molecule has 4 nitrogen and oxygen atoms in total. The van der Waals surface area contributed by atoms with E-state index < -0.39 is 0 Å². The zero-order valence-electron chi connectivity index (χ0n) is 10.2. The number of ether oxygens (including phenoxy) is 1. The minimum absolute atomic E-state index is 0. The van der Waals surface area contributed by atoms with E-state index in [9.17, 15) is 4.79 Å². The number of halogens is 1. The van der Waals surface area contributed by atoms with Gasteiger partial charge in [-0.1, -0.05) is 6.42 Å². The number of carbonyl (C=O) groups is 1. The Bertz CT molecular complexity index is 245. The summed E-state index contributed by atoms with van der Waals surface area (Å²) in [4.78, 5) is 12.0. The summed E-state index contributed by atoms with van der Waals surface area (Å²) in [6.07, 6.45) is 5.40. The Balaban J connectivity index is 0.00000144. The standard InChI is InChI=1S/C12H22N2O2.ClH/c13-7-9-3-1-5-11(9)14-12(15)10-4-2-6-16-8-10;/h9-11H,1-8,13H2,(H,14,15);1H. The molecule has 0 aromatic carbocycles. The number of hydrogen-bond acceptors (Lipinski definition) is 3. The molecule has 0 aromatic heterocycles. The lowest BCUT2D eigenvalue weighted by atomic mass is 9.99. The highest BCUT2D eigenvalue weighted by atomic mass is 35.5. The summed E-state index contributed by atoms with van der Waals surface area (Å²) in [6, 6.07) is 0.305. The van der Waals surface area contributed by atoms with Crippen LogP contribution in [0.25, 0.3) is 0 Å². The normalized spacial score (nSPS) is 32.9. The van der Waals surface area contributed by atoms with Crippen LogP contribution in [0.3, 0.4) is 0 Å². The summed E-state index contributed by atoms with van der Waals surface area (Å²) in [6.45, 7) is 2.08. The Kier molecular flexibility index (Phi) is 6.23. The molecule has 0 radical (unpaired) electrons. The van der Waals surface area contributed by atoms with Gasteiger partial charge in [0.05, 0.1) is 12.5 Å². The largest absolute Gasteiger partial charge is 0.381 e. The van der Waals surface area contributed by atoms with Crippen LogP contribution in [-0.2, 0) is 9.53 Å². The third-order valence-electron chi connectivity index (χ3n) is 3.82. The monoisotopic (exact) mass is 262 g/mol. The van der Waals surface area contributed by atoms with Gasteiger partial charge in [-0.25, -0.2) is 0 Å². The van der Waals surface area contributed by atoms with E-state index in [0.29, 0.717) is 25.1 Å². The SMILES string of the molecule is Cl.NCC1CCCC1NC(=O)C1CCCOC1. The molecule has 2 rings (SSSR count). The molecule has 0 aromatic rings. The highest BCUT2D eigenvalue weighted by Gasteiger charge is 2.30. The van der Waals surface area contributed by atoms with Crippen molar-refractivity contribution in [2.24, 2.45) is 17.6 Å². The van der Waals surface area contributed by atoms with Gasteiger partial charge >= 0.3 is 0 Å². The molecule has 3 unspecified atom stereocenters. The van der Waals surface area contributed by atoms with E-state index in [4.69, 9.17) is 10.5 Å². The summed E-state index contributed by atoms with van der Waals surface area (Å²) in [7, 11) is 0. The fraction of sp³-hybridized carbons (Fsp3) is 0.917. The van der Waals surface area contributed by atoms with Gasteiger partial charge in [-0.3, -0.25) is 4.79 Å². The number of nitrogens with two attached hydrogens (primary N) is 1. The van der Waals surface area contributed by atoms with Gasteiger partial charge in [0, 0.05) is 12.6 Å². The van der Waals surface area contributed by atoms with Crippen molar-refractivity contribution in [2.45, 2.75) is 38.1 Å². The average Bonchev–Trinajstić information content (AvgIpc) is 2.77. The molecule has 3 N–H and O–H groups in total. The van der Waals surface area contributed by atoms with Crippen molar-refractivity contribution >= 4 is 18.3 Å². The van der Waals surface area contributed by atoms with Gasteiger partial charge in [0.1, 0.15) is 0 Å². The molecule has 1 heterocycles. The van der Waals surface area contributed by atoms with Crippen LogP contribution >= 0.6 is 12.4 Å². The maximum Gasteiger partial charge on any atom is 0.225 e. The van der Waals surface area contributed by atoms with E-state index in [1.807, 2.05) is 0 Å². The van der Waals surface area contributed by atoms with Crippen LogP contribution in [0, 0.1) is 11.8 Å². The van der Waals surface area contributed by atoms with Crippen LogP contribution in [0.15, 0.2) is 0 Å². The Morgan fingerprint density at radius 2 is 2.12 bits per heavy atom. The number of rotatable bonds is 3. The second-order valence-corrected chi connectivity index (χ2v) is 4.96. The zero-order chi connectivity index (χ0) is 11.4. The molecule has 0 bridgehead atoms. The fourth-order valence-corrected chi connectivity index (χ4v) is 2.76. The predicted molar refractivity (Wildman–Crippen MR) is 69.1 cm³/mol. The number of nitrogens with one attached hydrogen (secondary N) is 1. The third kappa shape index (κ3) is 3.83. The molecule has 0 spiro atoms. The van der Waals surface area contributed by atoms with E-state index >= 15 is 0 Å². The lowest BCUT2D eigenvalue weighted by Crippen LogP contribution is -2.44. The maximum atomic E-state index is 12.0. The zero-order valence-corrected chi connectivity index (χ0v) is 11.0. The molecule has 1 amide bonds. The topological polar surface area (TPSA) is 64.3 Å². The average molecular weight is 263 g/mol. The molecular weight excluding hydrogens is 240 g/mol. The van der Waals surface area contributed by atoms with Gasteiger partial charge in [-0.05, 0) is 38.1 Å². The van der Waals surface area contributed by atoms with E-state index in [-0.39, 0.29) is 24.2 Å². The summed E-state index contributed by atoms with van der Waals surface area (Å²) in [5.41, 5.74) is 5.70. The summed E-state index contributed by atoms with van der Waals surface area (Å²) < 4.78 is 5.34. The van der Waals surface area contributed by atoms with Crippen LogP contribution in [-0.4, -0.2) is 31.7 Å². The first kappa shape index (κ1) is 14.7. The molecule has 2 aliphatic rings. The second kappa shape index (κ2) is 7.19. The first-order chi connectivity index (χ1) is 7.81. The fourth-order valence-electron chi connectivity index (χ4n) is 2.76. The van der Waals surface area contributed by atoms with Gasteiger partial charge < -0.3 is 15.8 Å². The lowest BCUT2D eigenvalue weighted by Gasteiger charge is -2.25. The van der Waals surface area contributed by atoms with Gasteiger partial charge in [-0.15, -0.1) is 12.4 Å². The molecular formula is C12H23ClN2O2. The molecule has 1 aliphatic carbocycles. The third-order valence-corrected chi connectivity index (χ3v) is 3.82. The summed E-state index contributed by atoms with van der Waals surface area (Å²) in [5.74, 6) is 0.714. The Morgan fingerprint density at radius 1 is 1.29 bits per heavy atom. The molecule has 1 saturated carbocycles. The Morgan fingerprint density at radius 3 is 2.76 bits per heavy atom. The van der Waals surface area contributed by atoms with Crippen LogP contribution in [0.4, 0.5) is 0 Å². The number of amides is 1. The molecule has 1 aliphatic heterocycles. The minimum atomic E-state index is 0. The first-order valence-electron chi connectivity index (χ1n) is 6.39. The van der Waals surface area contributed by atoms with Gasteiger partial charge in [0.15, 0.2) is 0 Å². The van der Waals surface area contributed by atoms with Crippen LogP contribution in [0.1, 0.15) is 32.1 Å². The lowest BCUT2D eigenvalue weighted by molar-refractivity contribution is -0.129. The summed E-state index contributed by atoms with van der Waals surface area (Å²) >= 11 is 0. The molecule has 3 atom stereocenters. The van der Waals surface area contributed by atoms with Crippen molar-refractivity contribution in [1.82, 2.24) is 5.32 Å². The van der Waals surface area contributed by atoms with Crippen molar-refractivity contribution in [2.75, 3.05) is 19.8 Å². The van der Waals surface area contributed by atoms with Crippen molar-refractivity contribution in [3.05, 3.63) is 0 Å². The Hall–Kier alpha value is -0.320. The molecule has 2 fully saturated rings. The van der Waals surface area contributed by atoms with E-state index in [1.54, 1.807) is 0 Å². The van der Waals surface area contributed by atoms with Gasteiger partial charge in [0.25, 0.3) is 0 Å². The molecule has 100 valence electrons. The second-order valence-electron chi connectivity index (χ2n) is 4.96. The maximum absolute atomic E-state index is 12.0. The smallest absolute Gasteiger partial charge is 0.225 e. The molecule has 17 heavy (non-hydrogen) atoms. The predicted octanol–water partition coefficient (Wildman–Crippen LogP) is 1.08. The van der Waals surface area contributed by atoms with Crippen molar-refractivity contribution in [3.8, 4) is 0 Å². The van der Waals surface area contributed by atoms with E-state index in [2.05, 4.69) is 5.32 Å². The highest BCUT2D eigenvalue weighted by Crippen LogP contribution is 2.25. The van der Waals surface area contributed by atoms with E-state index in [1.165, 1.54) is 6.42 Å². The first-order valence-corrected chi connectivity index (χ1v) is 6.39. The number of hydrogen-bond donors (Lipinski definition) is 2. The van der Waals surface area contributed by atoms with Gasteiger partial charge in [-0.2, -0.15) is 0 Å². The van der Waals surface area contributed by atoms with Crippen molar-refractivity contribution < 1.29 is 9.53 Å². The van der Waals surface area contributed by atoms with Crippen LogP contribution in [0.5, 0.6) is 0 Å². The van der Waals surface area contributed by atoms with Crippen molar-refractivity contribution in [3.63, 3.8) is 0 Å². The molecule has 5 heteroatoms.